The second kappa shape index (κ2) is 6.05. The van der Waals surface area contributed by atoms with Crippen LogP contribution in [0, 0.1) is 13.8 Å². The number of urea groups is 1. The van der Waals surface area contributed by atoms with Crippen LogP contribution in [0.5, 0.6) is 0 Å². The Kier molecular flexibility index (Phi) is 4.39. The molecule has 0 saturated heterocycles. The Balaban J connectivity index is 2.29. The third kappa shape index (κ3) is 2.67. The first-order valence-electron chi connectivity index (χ1n) is 7.01. The van der Waals surface area contributed by atoms with Crippen molar-refractivity contribution in [3.05, 3.63) is 29.3 Å². The number of carbonyl (C=O) groups excluding carboxylic acids is 1. The van der Waals surface area contributed by atoms with E-state index >= 15 is 0 Å². The molecule has 1 atom stereocenters. The number of benzene rings is 1. The summed E-state index contributed by atoms with van der Waals surface area (Å²) in [5, 5.41) is 2.94. The van der Waals surface area contributed by atoms with Crippen LogP contribution in [0.15, 0.2) is 23.2 Å². The summed E-state index contributed by atoms with van der Waals surface area (Å²) in [6.07, 6.45) is 1.37. The van der Waals surface area contributed by atoms with Crippen LogP contribution in [0.2, 0.25) is 0 Å². The summed E-state index contributed by atoms with van der Waals surface area (Å²) in [6, 6.07) is 5.86. The maximum atomic E-state index is 12.3. The highest BCUT2D eigenvalue weighted by Crippen LogP contribution is 2.24. The fourth-order valence-corrected chi connectivity index (χ4v) is 2.50. The smallest absolute Gasteiger partial charge is 0.303 e. The molecule has 2 amide bonds. The normalized spacial score (nSPS) is 18.6. The molecule has 1 unspecified atom stereocenters. The quantitative estimate of drug-likeness (QED) is 0.917. The number of aryl methyl sites for hydroxylation is 2. The van der Waals surface area contributed by atoms with Gasteiger partial charge in [0.05, 0.1) is 5.69 Å². The van der Waals surface area contributed by atoms with Gasteiger partial charge < -0.3 is 5.32 Å². The second-order valence-electron chi connectivity index (χ2n) is 4.92. The topological polar surface area (TPSA) is 47.9 Å². The molecule has 0 aliphatic carbocycles. The van der Waals surface area contributed by atoms with Gasteiger partial charge in [0, 0.05) is 0 Å². The lowest BCUT2D eigenvalue weighted by atomic mass is 10.1. The Morgan fingerprint density at radius 2 is 1.85 bits per heavy atom. The van der Waals surface area contributed by atoms with Crippen molar-refractivity contribution in [3.8, 4) is 0 Å². The maximum Gasteiger partial charge on any atom is 0.329 e. The molecule has 108 valence electrons. The minimum atomic E-state index is -0.266. The number of para-hydroxylation sites is 1. The minimum Gasteiger partial charge on any atom is -0.303 e. The highest BCUT2D eigenvalue weighted by Gasteiger charge is 2.26. The number of carbonyl (C=O) groups is 1. The lowest BCUT2D eigenvalue weighted by molar-refractivity contribution is 0.182. The van der Waals surface area contributed by atoms with Crippen molar-refractivity contribution < 1.29 is 4.79 Å². The Labute approximate surface area is 120 Å². The van der Waals surface area contributed by atoms with Gasteiger partial charge in [-0.2, -0.15) is 0 Å². The van der Waals surface area contributed by atoms with Gasteiger partial charge in [-0.05, 0) is 38.1 Å². The van der Waals surface area contributed by atoms with Gasteiger partial charge >= 0.3 is 6.03 Å². The van der Waals surface area contributed by atoms with E-state index < -0.39 is 0 Å². The van der Waals surface area contributed by atoms with Crippen LogP contribution in [0.25, 0.3) is 0 Å². The summed E-state index contributed by atoms with van der Waals surface area (Å²) in [6.45, 7) is 9.82. The van der Waals surface area contributed by atoms with Crippen LogP contribution in [-0.4, -0.2) is 36.6 Å². The molecule has 0 aromatic heterocycles. The van der Waals surface area contributed by atoms with Gasteiger partial charge in [-0.15, -0.1) is 0 Å². The summed E-state index contributed by atoms with van der Waals surface area (Å²) in [5.74, 6) is 0. The van der Waals surface area contributed by atoms with Crippen molar-refractivity contribution in [2.75, 3.05) is 18.0 Å². The summed E-state index contributed by atoms with van der Waals surface area (Å²) < 4.78 is 0. The van der Waals surface area contributed by atoms with E-state index in [1.807, 2.05) is 32.0 Å². The van der Waals surface area contributed by atoms with Crippen LogP contribution in [-0.2, 0) is 0 Å². The summed E-state index contributed by atoms with van der Waals surface area (Å²) >= 11 is 0. The molecule has 0 radical (unpaired) electrons. The van der Waals surface area contributed by atoms with Crippen LogP contribution in [0.3, 0.4) is 0 Å². The van der Waals surface area contributed by atoms with Gasteiger partial charge in [-0.25, -0.2) is 9.79 Å². The van der Waals surface area contributed by atoms with Crippen LogP contribution < -0.4 is 10.2 Å². The number of rotatable bonds is 4. The first kappa shape index (κ1) is 14.5. The van der Waals surface area contributed by atoms with E-state index in [4.69, 9.17) is 0 Å². The fourth-order valence-electron chi connectivity index (χ4n) is 2.50. The number of nitrogens with one attached hydrogen (secondary N) is 1. The number of hydrogen-bond acceptors (Lipinski definition) is 3. The highest BCUT2D eigenvalue weighted by atomic mass is 16.2. The third-order valence-electron chi connectivity index (χ3n) is 3.63. The molecular weight excluding hydrogens is 252 g/mol. The Bertz CT molecular complexity index is 502. The molecule has 1 N–H and O–H groups in total. The van der Waals surface area contributed by atoms with E-state index in [1.165, 1.54) is 0 Å². The molecule has 1 aromatic rings. The third-order valence-corrected chi connectivity index (χ3v) is 3.63. The lowest BCUT2D eigenvalue weighted by Gasteiger charge is -2.33. The molecule has 1 aliphatic rings. The van der Waals surface area contributed by atoms with Crippen molar-refractivity contribution in [2.45, 2.75) is 34.0 Å². The highest BCUT2D eigenvalue weighted by molar-refractivity contribution is 6.09. The Morgan fingerprint density at radius 3 is 2.35 bits per heavy atom. The molecule has 1 heterocycles. The van der Waals surface area contributed by atoms with Crippen LogP contribution >= 0.6 is 0 Å². The standard InChI is InChI=1S/C15H22N4O/c1-5-18(6-2)14-16-10-19(15(20)17-14)13-11(3)8-7-9-12(13)4/h7-10,14H,5-6H2,1-4H3,(H,17,20). The minimum absolute atomic E-state index is 0.130. The van der Waals surface area contributed by atoms with Gasteiger partial charge in [-0.3, -0.25) is 9.80 Å². The zero-order valence-corrected chi connectivity index (χ0v) is 12.6. The number of hydrogen-bond donors (Lipinski definition) is 1. The number of aliphatic imine (C=N–C) groups is 1. The van der Waals surface area contributed by atoms with E-state index in [0.717, 1.165) is 29.9 Å². The van der Waals surface area contributed by atoms with E-state index in [-0.39, 0.29) is 12.3 Å². The molecule has 5 heteroatoms. The number of anilines is 1. The van der Waals surface area contributed by atoms with Crippen molar-refractivity contribution in [1.29, 1.82) is 0 Å². The molecule has 2 rings (SSSR count). The SMILES string of the molecule is CCN(CC)C1N=CN(c2c(C)cccc2C)C(=O)N1. The van der Waals surface area contributed by atoms with Crippen molar-refractivity contribution >= 4 is 18.1 Å². The molecular formula is C15H22N4O. The van der Waals surface area contributed by atoms with E-state index in [1.54, 1.807) is 11.2 Å². The molecule has 1 aliphatic heterocycles. The molecule has 5 nitrogen and oxygen atoms in total. The zero-order valence-electron chi connectivity index (χ0n) is 12.6. The largest absolute Gasteiger partial charge is 0.329 e. The summed E-state index contributed by atoms with van der Waals surface area (Å²) in [7, 11) is 0. The van der Waals surface area contributed by atoms with E-state index in [9.17, 15) is 4.79 Å². The zero-order chi connectivity index (χ0) is 14.7. The molecule has 1 aromatic carbocycles. The Morgan fingerprint density at radius 1 is 1.25 bits per heavy atom. The number of amides is 2. The van der Waals surface area contributed by atoms with Gasteiger partial charge in [0.1, 0.15) is 6.34 Å². The van der Waals surface area contributed by atoms with E-state index in [0.29, 0.717) is 0 Å². The lowest BCUT2D eigenvalue weighted by Crippen LogP contribution is -2.55. The predicted octanol–water partition coefficient (Wildman–Crippen LogP) is 2.49. The Hall–Kier alpha value is -1.88. The average Bonchev–Trinajstić information content (AvgIpc) is 2.42. The van der Waals surface area contributed by atoms with Crippen molar-refractivity contribution in [1.82, 2.24) is 10.2 Å². The maximum absolute atomic E-state index is 12.3. The molecule has 0 fully saturated rings. The predicted molar refractivity (Wildman–Crippen MR) is 82.1 cm³/mol. The van der Waals surface area contributed by atoms with Gasteiger partial charge in [0.25, 0.3) is 0 Å². The van der Waals surface area contributed by atoms with Crippen LogP contribution in [0.1, 0.15) is 25.0 Å². The molecule has 0 spiro atoms. The van der Waals surface area contributed by atoms with Gasteiger partial charge in [0.2, 0.25) is 0 Å². The van der Waals surface area contributed by atoms with Gasteiger partial charge in [-0.1, -0.05) is 32.0 Å². The number of nitrogens with zero attached hydrogens (tertiary/aromatic N) is 3. The molecule has 0 saturated carbocycles. The first-order chi connectivity index (χ1) is 9.58. The van der Waals surface area contributed by atoms with Crippen molar-refractivity contribution in [2.24, 2.45) is 4.99 Å². The summed E-state index contributed by atoms with van der Waals surface area (Å²) in [5.41, 5.74) is 3.03. The molecule has 0 bridgehead atoms. The summed E-state index contributed by atoms with van der Waals surface area (Å²) in [4.78, 5) is 20.5. The fraction of sp³-hybridized carbons (Fsp3) is 0.467. The molecule has 20 heavy (non-hydrogen) atoms. The van der Waals surface area contributed by atoms with E-state index in [2.05, 4.69) is 29.1 Å². The average molecular weight is 274 g/mol. The monoisotopic (exact) mass is 274 g/mol. The van der Waals surface area contributed by atoms with Gasteiger partial charge in [0.15, 0.2) is 6.29 Å². The second-order valence-corrected chi connectivity index (χ2v) is 4.92. The van der Waals surface area contributed by atoms with Crippen molar-refractivity contribution in [3.63, 3.8) is 0 Å². The van der Waals surface area contributed by atoms with Crippen LogP contribution in [0.4, 0.5) is 10.5 Å². The first-order valence-corrected chi connectivity index (χ1v) is 7.01.